The largest absolute Gasteiger partial charge is 0.466 e. The number of carbonyl (C=O) groups excluding carboxylic acids is 2. The van der Waals surface area contributed by atoms with Crippen LogP contribution in [0.4, 0.5) is 0 Å². The standard InChI is InChI=1S/C52H97NO5/c1-3-5-7-9-11-13-15-17-18-19-20-21-22-23-24-28-32-36-40-44-50(55)49(48-54)53-51(56)45-41-37-33-29-26-27-31-35-39-43-47-58-52(57)46-42-38-34-30-25-16-14-12-10-8-6-4-2/h12,14,27,31,40,44,49-50,54-55H,3-11,13,15-26,28-30,32-39,41-43,45-48H2,1-2H3,(H,53,56)/b14-12-,31-27-,44-40+. The highest BCUT2D eigenvalue weighted by Gasteiger charge is 2.18. The Bertz CT molecular complexity index is 946. The van der Waals surface area contributed by atoms with Gasteiger partial charge in [0, 0.05) is 12.8 Å². The Labute approximate surface area is 360 Å². The Morgan fingerprint density at radius 2 is 0.810 bits per heavy atom. The molecule has 2 unspecified atom stereocenters. The van der Waals surface area contributed by atoms with Crippen LogP contribution in [-0.2, 0) is 14.3 Å². The fraction of sp³-hybridized carbons (Fsp3) is 0.846. The Morgan fingerprint density at radius 3 is 1.26 bits per heavy atom. The molecular formula is C52H97NO5. The minimum Gasteiger partial charge on any atom is -0.466 e. The van der Waals surface area contributed by atoms with Crippen molar-refractivity contribution in [1.82, 2.24) is 5.32 Å². The second-order valence-electron chi connectivity index (χ2n) is 17.1. The molecular weight excluding hydrogens is 719 g/mol. The molecule has 0 aromatic rings. The molecule has 1 amide bonds. The van der Waals surface area contributed by atoms with Crippen LogP contribution < -0.4 is 5.32 Å². The molecule has 0 aliphatic rings. The number of carbonyl (C=O) groups is 2. The number of aliphatic hydroxyl groups excluding tert-OH is 2. The molecule has 0 saturated carbocycles. The topological polar surface area (TPSA) is 95.9 Å². The number of amides is 1. The van der Waals surface area contributed by atoms with Gasteiger partial charge >= 0.3 is 5.97 Å². The minimum atomic E-state index is -0.867. The lowest BCUT2D eigenvalue weighted by Gasteiger charge is -2.20. The van der Waals surface area contributed by atoms with Crippen LogP contribution in [0.25, 0.3) is 0 Å². The lowest BCUT2D eigenvalue weighted by Crippen LogP contribution is -2.45. The van der Waals surface area contributed by atoms with E-state index in [9.17, 15) is 19.8 Å². The molecule has 0 heterocycles. The number of hydrogen-bond donors (Lipinski definition) is 3. The van der Waals surface area contributed by atoms with Crippen molar-refractivity contribution >= 4 is 11.9 Å². The third-order valence-electron chi connectivity index (χ3n) is 11.4. The van der Waals surface area contributed by atoms with Crippen LogP contribution in [0, 0.1) is 0 Å². The molecule has 0 aromatic heterocycles. The van der Waals surface area contributed by atoms with Gasteiger partial charge in [0.05, 0.1) is 25.4 Å². The number of unbranched alkanes of at least 4 members (excludes halogenated alkanes) is 31. The van der Waals surface area contributed by atoms with E-state index in [2.05, 4.69) is 43.5 Å². The van der Waals surface area contributed by atoms with Crippen LogP contribution in [0.5, 0.6) is 0 Å². The maximum absolute atomic E-state index is 12.4. The van der Waals surface area contributed by atoms with Crippen molar-refractivity contribution in [1.29, 1.82) is 0 Å². The summed E-state index contributed by atoms with van der Waals surface area (Å²) < 4.78 is 5.41. The van der Waals surface area contributed by atoms with Gasteiger partial charge in [0.1, 0.15) is 0 Å². The van der Waals surface area contributed by atoms with Gasteiger partial charge < -0.3 is 20.3 Å². The highest BCUT2D eigenvalue weighted by molar-refractivity contribution is 5.76. The van der Waals surface area contributed by atoms with Crippen LogP contribution in [-0.4, -0.2) is 47.4 Å². The summed E-state index contributed by atoms with van der Waals surface area (Å²) in [5.74, 6) is -0.153. The molecule has 340 valence electrons. The zero-order chi connectivity index (χ0) is 42.3. The predicted molar refractivity (Wildman–Crippen MR) is 250 cm³/mol. The number of rotatable bonds is 46. The monoisotopic (exact) mass is 816 g/mol. The van der Waals surface area contributed by atoms with Crippen molar-refractivity contribution < 1.29 is 24.5 Å². The summed E-state index contributed by atoms with van der Waals surface area (Å²) in [6.45, 7) is 4.78. The maximum atomic E-state index is 12.4. The number of allylic oxidation sites excluding steroid dienone is 5. The van der Waals surface area contributed by atoms with Gasteiger partial charge in [0.2, 0.25) is 5.91 Å². The average molecular weight is 816 g/mol. The first kappa shape index (κ1) is 56.1. The van der Waals surface area contributed by atoms with E-state index < -0.39 is 12.1 Å². The molecule has 0 saturated heterocycles. The number of esters is 1. The average Bonchev–Trinajstić information content (AvgIpc) is 3.22. The molecule has 0 aliphatic carbocycles. The van der Waals surface area contributed by atoms with Gasteiger partial charge in [0.25, 0.3) is 0 Å². The summed E-state index contributed by atoms with van der Waals surface area (Å²) in [6, 6.07) is -0.654. The van der Waals surface area contributed by atoms with Gasteiger partial charge in [-0.25, -0.2) is 0 Å². The summed E-state index contributed by atoms with van der Waals surface area (Å²) in [6.07, 6.45) is 57.2. The van der Waals surface area contributed by atoms with Crippen molar-refractivity contribution in [2.24, 2.45) is 0 Å². The highest BCUT2D eigenvalue weighted by atomic mass is 16.5. The summed E-state index contributed by atoms with van der Waals surface area (Å²) in [5.41, 5.74) is 0. The second kappa shape index (κ2) is 47.8. The van der Waals surface area contributed by atoms with Gasteiger partial charge in [-0.3, -0.25) is 9.59 Å². The van der Waals surface area contributed by atoms with Crippen molar-refractivity contribution in [2.45, 2.75) is 270 Å². The smallest absolute Gasteiger partial charge is 0.305 e. The van der Waals surface area contributed by atoms with Gasteiger partial charge in [-0.1, -0.05) is 198 Å². The van der Waals surface area contributed by atoms with Crippen molar-refractivity contribution in [3.63, 3.8) is 0 Å². The van der Waals surface area contributed by atoms with Crippen LogP contribution in [0.15, 0.2) is 36.5 Å². The normalized spacial score (nSPS) is 13.0. The van der Waals surface area contributed by atoms with Gasteiger partial charge in [-0.15, -0.1) is 0 Å². The molecule has 3 N–H and O–H groups in total. The first-order valence-corrected chi connectivity index (χ1v) is 25.3. The third kappa shape index (κ3) is 43.7. The zero-order valence-corrected chi connectivity index (χ0v) is 38.5. The molecule has 0 bridgehead atoms. The summed E-state index contributed by atoms with van der Waals surface area (Å²) in [5, 5.41) is 23.1. The second-order valence-corrected chi connectivity index (χ2v) is 17.1. The van der Waals surface area contributed by atoms with E-state index >= 15 is 0 Å². The summed E-state index contributed by atoms with van der Waals surface area (Å²) in [4.78, 5) is 24.4. The fourth-order valence-electron chi connectivity index (χ4n) is 7.44. The lowest BCUT2D eigenvalue weighted by atomic mass is 10.0. The Morgan fingerprint density at radius 1 is 0.466 bits per heavy atom. The number of hydrogen-bond acceptors (Lipinski definition) is 5. The Kier molecular flexibility index (Phi) is 46.2. The number of aliphatic hydroxyl groups is 2. The zero-order valence-electron chi connectivity index (χ0n) is 38.5. The maximum Gasteiger partial charge on any atom is 0.305 e. The highest BCUT2D eigenvalue weighted by Crippen LogP contribution is 2.15. The van der Waals surface area contributed by atoms with E-state index in [-0.39, 0.29) is 18.5 Å². The van der Waals surface area contributed by atoms with Crippen LogP contribution >= 0.6 is 0 Å². The molecule has 0 fully saturated rings. The molecule has 58 heavy (non-hydrogen) atoms. The van der Waals surface area contributed by atoms with E-state index in [4.69, 9.17) is 4.74 Å². The van der Waals surface area contributed by atoms with Crippen molar-refractivity contribution in [3.8, 4) is 0 Å². The number of ether oxygens (including phenoxy) is 1. The minimum absolute atomic E-state index is 0.0489. The van der Waals surface area contributed by atoms with Crippen LogP contribution in [0.3, 0.4) is 0 Å². The van der Waals surface area contributed by atoms with E-state index in [0.717, 1.165) is 77.0 Å². The summed E-state index contributed by atoms with van der Waals surface area (Å²) in [7, 11) is 0. The first-order chi connectivity index (χ1) is 28.5. The van der Waals surface area contributed by atoms with Gasteiger partial charge in [-0.05, 0) is 83.5 Å². The van der Waals surface area contributed by atoms with Crippen LogP contribution in [0.2, 0.25) is 0 Å². The molecule has 0 spiro atoms. The Hall–Kier alpha value is -1.92. The van der Waals surface area contributed by atoms with Crippen molar-refractivity contribution in [3.05, 3.63) is 36.5 Å². The van der Waals surface area contributed by atoms with E-state index in [1.54, 1.807) is 6.08 Å². The molecule has 0 radical (unpaired) electrons. The van der Waals surface area contributed by atoms with Gasteiger partial charge in [0.15, 0.2) is 0 Å². The lowest BCUT2D eigenvalue weighted by molar-refractivity contribution is -0.143. The first-order valence-electron chi connectivity index (χ1n) is 25.3. The predicted octanol–water partition coefficient (Wildman–Crippen LogP) is 14.9. The van der Waals surface area contributed by atoms with E-state index in [1.807, 2.05) is 6.08 Å². The van der Waals surface area contributed by atoms with E-state index in [0.29, 0.717) is 19.4 Å². The molecule has 0 aliphatic heterocycles. The van der Waals surface area contributed by atoms with Gasteiger partial charge in [-0.2, -0.15) is 0 Å². The van der Waals surface area contributed by atoms with Crippen LogP contribution in [0.1, 0.15) is 258 Å². The fourth-order valence-corrected chi connectivity index (χ4v) is 7.44. The molecule has 6 nitrogen and oxygen atoms in total. The quantitative estimate of drug-likeness (QED) is 0.0323. The molecule has 2 atom stereocenters. The Balaban J connectivity index is 3.59. The molecule has 6 heteroatoms. The molecule has 0 aromatic carbocycles. The summed E-state index contributed by atoms with van der Waals surface area (Å²) >= 11 is 0. The van der Waals surface area contributed by atoms with E-state index in [1.165, 1.54) is 154 Å². The van der Waals surface area contributed by atoms with Crippen molar-refractivity contribution in [2.75, 3.05) is 13.2 Å². The molecule has 0 rings (SSSR count). The number of nitrogens with one attached hydrogen (secondary N) is 1. The third-order valence-corrected chi connectivity index (χ3v) is 11.4. The SMILES string of the molecule is CCCCC/C=C\CCCCCCCC(=O)OCCCC/C=C\CCCCCCC(=O)NC(CO)C(O)/C=C/CCCCCCCCCCCCCCCCCCC.